The van der Waals surface area contributed by atoms with Crippen LogP contribution < -0.4 is 5.32 Å². The van der Waals surface area contributed by atoms with Gasteiger partial charge in [-0.1, -0.05) is 11.6 Å². The van der Waals surface area contributed by atoms with Crippen molar-refractivity contribution in [2.24, 2.45) is 5.92 Å². The second kappa shape index (κ2) is 7.53. The quantitative estimate of drug-likeness (QED) is 0.884. The predicted octanol–water partition coefficient (Wildman–Crippen LogP) is 1.85. The topological polar surface area (TPSA) is 55.8 Å². The highest BCUT2D eigenvalue weighted by molar-refractivity contribution is 5.96. The molecule has 0 unspecified atom stereocenters. The largest absolute Gasteiger partial charge is 0.507 e. The monoisotopic (exact) mass is 331 g/mol. The van der Waals surface area contributed by atoms with Crippen LogP contribution in [0.5, 0.6) is 5.75 Å². The maximum absolute atomic E-state index is 12.3. The molecule has 2 aliphatic rings. The third kappa shape index (κ3) is 4.08. The summed E-state index contributed by atoms with van der Waals surface area (Å²) >= 11 is 0. The maximum Gasteiger partial charge on any atom is 0.255 e. The minimum Gasteiger partial charge on any atom is -0.507 e. The van der Waals surface area contributed by atoms with Gasteiger partial charge in [-0.3, -0.25) is 9.69 Å². The van der Waals surface area contributed by atoms with Crippen molar-refractivity contribution in [2.75, 3.05) is 39.8 Å². The Hall–Kier alpha value is -1.59. The van der Waals surface area contributed by atoms with Gasteiger partial charge < -0.3 is 15.3 Å². The number of likely N-dealkylation sites (tertiary alicyclic amines) is 2. The van der Waals surface area contributed by atoms with Crippen molar-refractivity contribution in [1.82, 2.24) is 15.1 Å². The van der Waals surface area contributed by atoms with Gasteiger partial charge in [-0.2, -0.15) is 0 Å². The fourth-order valence-electron chi connectivity index (χ4n) is 3.88. The number of carbonyl (C=O) groups is 1. The van der Waals surface area contributed by atoms with E-state index in [0.29, 0.717) is 24.1 Å². The van der Waals surface area contributed by atoms with Crippen LogP contribution in [0.1, 0.15) is 35.2 Å². The Labute approximate surface area is 144 Å². The van der Waals surface area contributed by atoms with Crippen molar-refractivity contribution >= 4 is 5.91 Å². The molecule has 1 aromatic rings. The molecule has 2 heterocycles. The number of hydrogen-bond acceptors (Lipinski definition) is 4. The summed E-state index contributed by atoms with van der Waals surface area (Å²) < 4.78 is 0. The molecule has 0 aliphatic carbocycles. The zero-order chi connectivity index (χ0) is 17.1. The molecule has 1 amide bonds. The summed E-state index contributed by atoms with van der Waals surface area (Å²) in [6.45, 7) is 7.21. The van der Waals surface area contributed by atoms with E-state index in [-0.39, 0.29) is 11.7 Å². The molecule has 3 rings (SSSR count). The first-order valence-electron chi connectivity index (χ1n) is 9.03. The Morgan fingerprint density at radius 1 is 1.25 bits per heavy atom. The molecule has 24 heavy (non-hydrogen) atoms. The molecule has 0 radical (unpaired) electrons. The molecule has 0 aromatic heterocycles. The minimum atomic E-state index is -0.172. The van der Waals surface area contributed by atoms with Crippen molar-refractivity contribution < 1.29 is 9.90 Å². The van der Waals surface area contributed by atoms with E-state index in [2.05, 4.69) is 22.2 Å². The highest BCUT2D eigenvalue weighted by Crippen LogP contribution is 2.24. The molecule has 1 atom stereocenters. The number of benzene rings is 1. The zero-order valence-electron chi connectivity index (χ0n) is 14.8. The lowest BCUT2D eigenvalue weighted by Crippen LogP contribution is -2.43. The Morgan fingerprint density at radius 3 is 2.75 bits per heavy atom. The number of carbonyl (C=O) groups excluding carboxylic acids is 1. The molecule has 2 N–H and O–H groups in total. The molecule has 0 spiro atoms. The second-order valence-electron chi connectivity index (χ2n) is 7.41. The normalized spacial score (nSPS) is 23.5. The zero-order valence-corrected chi connectivity index (χ0v) is 14.8. The fraction of sp³-hybridized carbons (Fsp3) is 0.632. The average Bonchev–Trinajstić information content (AvgIpc) is 3.04. The molecule has 2 saturated heterocycles. The molecule has 0 bridgehead atoms. The fourth-order valence-corrected chi connectivity index (χ4v) is 3.88. The van der Waals surface area contributed by atoms with E-state index in [0.717, 1.165) is 25.1 Å². The first kappa shape index (κ1) is 17.2. The van der Waals surface area contributed by atoms with Crippen LogP contribution in [0.2, 0.25) is 0 Å². The van der Waals surface area contributed by atoms with Gasteiger partial charge in [-0.25, -0.2) is 0 Å². The second-order valence-corrected chi connectivity index (χ2v) is 7.41. The van der Waals surface area contributed by atoms with Gasteiger partial charge >= 0.3 is 0 Å². The van der Waals surface area contributed by atoms with E-state index in [1.807, 2.05) is 13.0 Å². The van der Waals surface area contributed by atoms with Gasteiger partial charge in [0.05, 0.1) is 5.56 Å². The van der Waals surface area contributed by atoms with Gasteiger partial charge in [0.25, 0.3) is 5.91 Å². The number of aryl methyl sites for hydroxylation is 1. The van der Waals surface area contributed by atoms with Gasteiger partial charge in [0.15, 0.2) is 0 Å². The third-order valence-corrected chi connectivity index (χ3v) is 5.47. The lowest BCUT2D eigenvalue weighted by molar-refractivity contribution is 0.0942. The third-order valence-electron chi connectivity index (χ3n) is 5.47. The van der Waals surface area contributed by atoms with Crippen LogP contribution in [0.25, 0.3) is 0 Å². The molecule has 5 nitrogen and oxygen atoms in total. The summed E-state index contributed by atoms with van der Waals surface area (Å²) in [7, 11) is 2.19. The summed E-state index contributed by atoms with van der Waals surface area (Å²) in [6.07, 6.45) is 3.66. The van der Waals surface area contributed by atoms with Crippen LogP contribution in [-0.2, 0) is 0 Å². The maximum atomic E-state index is 12.3. The summed E-state index contributed by atoms with van der Waals surface area (Å²) in [5.74, 6) is 0.395. The van der Waals surface area contributed by atoms with E-state index in [1.165, 1.54) is 25.9 Å². The van der Waals surface area contributed by atoms with Crippen LogP contribution >= 0.6 is 0 Å². The summed E-state index contributed by atoms with van der Waals surface area (Å²) in [5, 5.41) is 12.9. The highest BCUT2D eigenvalue weighted by Gasteiger charge is 2.30. The number of phenols is 1. The first-order valence-corrected chi connectivity index (χ1v) is 9.03. The van der Waals surface area contributed by atoms with E-state index in [4.69, 9.17) is 0 Å². The van der Waals surface area contributed by atoms with Crippen molar-refractivity contribution in [1.29, 1.82) is 0 Å². The number of aromatic hydroxyl groups is 1. The number of amides is 1. The number of nitrogens with one attached hydrogen (secondary N) is 1. The lowest BCUT2D eigenvalue weighted by Gasteiger charge is -2.35. The SMILES string of the molecule is Cc1ccc(O)c(C(=O)NC[C@@H]2CCN(C3CCN(C)CC3)C2)c1. The van der Waals surface area contributed by atoms with Gasteiger partial charge in [0.2, 0.25) is 0 Å². The lowest BCUT2D eigenvalue weighted by atomic mass is 10.0. The molecule has 2 aliphatic heterocycles. The van der Waals surface area contributed by atoms with Gasteiger partial charge in [-0.15, -0.1) is 0 Å². The summed E-state index contributed by atoms with van der Waals surface area (Å²) in [4.78, 5) is 17.3. The van der Waals surface area contributed by atoms with Crippen LogP contribution in [-0.4, -0.2) is 66.6 Å². The van der Waals surface area contributed by atoms with Crippen LogP contribution in [0, 0.1) is 12.8 Å². The van der Waals surface area contributed by atoms with Crippen LogP contribution in [0.3, 0.4) is 0 Å². The minimum absolute atomic E-state index is 0.0532. The van der Waals surface area contributed by atoms with Crippen LogP contribution in [0.4, 0.5) is 0 Å². The molecule has 5 heteroatoms. The Morgan fingerprint density at radius 2 is 2.00 bits per heavy atom. The van der Waals surface area contributed by atoms with Gasteiger partial charge in [-0.05, 0) is 70.9 Å². The standard InChI is InChI=1S/C19H29N3O2/c1-14-3-4-18(23)17(11-14)19(24)20-12-15-5-10-22(13-15)16-6-8-21(2)9-7-16/h3-4,11,15-16,23H,5-10,12-13H2,1-2H3,(H,20,24)/t15-/m0/s1. The summed E-state index contributed by atoms with van der Waals surface area (Å²) in [5.41, 5.74) is 1.35. The molecular formula is C19H29N3O2. The van der Waals surface area contributed by atoms with Gasteiger partial charge in [0, 0.05) is 19.1 Å². The first-order chi connectivity index (χ1) is 11.5. The van der Waals surface area contributed by atoms with Crippen molar-refractivity contribution in [3.8, 4) is 5.75 Å². The van der Waals surface area contributed by atoms with Crippen LogP contribution in [0.15, 0.2) is 18.2 Å². The number of nitrogens with zero attached hydrogens (tertiary/aromatic N) is 2. The highest BCUT2D eigenvalue weighted by atomic mass is 16.3. The van der Waals surface area contributed by atoms with Crippen molar-refractivity contribution in [3.05, 3.63) is 29.3 Å². The molecule has 0 saturated carbocycles. The molecule has 2 fully saturated rings. The Bertz CT molecular complexity index is 582. The number of hydrogen-bond donors (Lipinski definition) is 2. The molecule has 1 aromatic carbocycles. The average molecular weight is 331 g/mol. The number of piperidine rings is 1. The summed E-state index contributed by atoms with van der Waals surface area (Å²) in [6, 6.07) is 5.84. The molecule has 132 valence electrons. The Kier molecular flexibility index (Phi) is 5.41. The number of rotatable bonds is 4. The van der Waals surface area contributed by atoms with Crippen molar-refractivity contribution in [3.63, 3.8) is 0 Å². The van der Waals surface area contributed by atoms with E-state index < -0.39 is 0 Å². The Balaban J connectivity index is 1.47. The predicted molar refractivity (Wildman–Crippen MR) is 95.4 cm³/mol. The molecular weight excluding hydrogens is 302 g/mol. The van der Waals surface area contributed by atoms with E-state index >= 15 is 0 Å². The smallest absolute Gasteiger partial charge is 0.255 e. The number of phenolic OH excluding ortho intramolecular Hbond substituents is 1. The van der Waals surface area contributed by atoms with E-state index in [1.54, 1.807) is 12.1 Å². The van der Waals surface area contributed by atoms with E-state index in [9.17, 15) is 9.90 Å². The van der Waals surface area contributed by atoms with Crippen molar-refractivity contribution in [2.45, 2.75) is 32.2 Å². The van der Waals surface area contributed by atoms with Gasteiger partial charge in [0.1, 0.15) is 5.75 Å².